The molecule has 1 saturated heterocycles. The van der Waals surface area contributed by atoms with Crippen LogP contribution in [-0.2, 0) is 16.1 Å². The Morgan fingerprint density at radius 3 is 2.51 bits per heavy atom. The predicted molar refractivity (Wildman–Crippen MR) is 145 cm³/mol. The Kier molecular flexibility index (Phi) is 16.4. The summed E-state index contributed by atoms with van der Waals surface area (Å²) in [5, 5.41) is 15.6. The molecule has 0 radical (unpaired) electrons. The van der Waals surface area contributed by atoms with Crippen LogP contribution in [0.5, 0.6) is 0 Å². The number of nitrogens with zero attached hydrogens (tertiary/aromatic N) is 3. The van der Waals surface area contributed by atoms with Gasteiger partial charge in [0.05, 0.1) is 12.4 Å². The van der Waals surface area contributed by atoms with Crippen molar-refractivity contribution >= 4 is 19.7 Å². The quantitative estimate of drug-likeness (QED) is 0.197. The third-order valence-electron chi connectivity index (χ3n) is 6.04. The molecule has 1 aliphatic heterocycles. The number of rotatable bonds is 14. The van der Waals surface area contributed by atoms with E-state index >= 15 is 0 Å². The maximum absolute atomic E-state index is 12.0. The van der Waals surface area contributed by atoms with Gasteiger partial charge in [-0.15, -0.1) is 0 Å². The zero-order valence-corrected chi connectivity index (χ0v) is 22.1. The van der Waals surface area contributed by atoms with Crippen molar-refractivity contribution in [2.75, 3.05) is 46.4 Å². The van der Waals surface area contributed by atoms with Gasteiger partial charge < -0.3 is 25.3 Å². The van der Waals surface area contributed by atoms with Gasteiger partial charge in [-0.2, -0.15) is 0 Å². The van der Waals surface area contributed by atoms with Gasteiger partial charge in [-0.25, -0.2) is 8.78 Å². The molecule has 10 heteroatoms. The number of aliphatic hydroxyl groups is 1. The largest absolute Gasteiger partial charge is 0.487 e. The van der Waals surface area contributed by atoms with Gasteiger partial charge in [0, 0.05) is 45.3 Å². The molecule has 0 bridgehead atoms. The number of likely N-dealkylation sites (tertiary alicyclic amines) is 1. The molecule has 3 rings (SSSR count). The molecular weight excluding hydrogens is 480 g/mol. The molecule has 1 aromatic rings. The highest BCUT2D eigenvalue weighted by Gasteiger charge is 2.51. The Bertz CT molecular complexity index is 796. The number of benzene rings is 1. The summed E-state index contributed by atoms with van der Waals surface area (Å²) in [4.78, 5) is 18.0. The summed E-state index contributed by atoms with van der Waals surface area (Å²) in [5.41, 5.74) is 2.10. The van der Waals surface area contributed by atoms with E-state index in [2.05, 4.69) is 62.6 Å². The second kappa shape index (κ2) is 18.7. The second-order valence-electron chi connectivity index (χ2n) is 9.26. The number of alkyl halides is 2. The van der Waals surface area contributed by atoms with Gasteiger partial charge in [-0.1, -0.05) is 37.3 Å². The van der Waals surface area contributed by atoms with E-state index in [1.54, 1.807) is 0 Å². The van der Waals surface area contributed by atoms with Crippen molar-refractivity contribution in [1.29, 1.82) is 0 Å². The van der Waals surface area contributed by atoms with Crippen molar-refractivity contribution in [3.05, 3.63) is 47.9 Å². The van der Waals surface area contributed by atoms with Crippen LogP contribution in [-0.4, -0.2) is 94.7 Å². The molecule has 1 atom stereocenters. The van der Waals surface area contributed by atoms with Crippen molar-refractivity contribution in [2.24, 2.45) is 15.4 Å². The number of likely N-dealkylation sites (N-methyl/N-ethyl adjacent to an activating group) is 1. The zero-order valence-electron chi connectivity index (χ0n) is 22.1. The number of hydrogen-bond acceptors (Lipinski definition) is 8. The number of carbonyl (C=O) groups excluding carboxylic acids is 1. The lowest BCUT2D eigenvalue weighted by atomic mass is 9.60. The summed E-state index contributed by atoms with van der Waals surface area (Å²) in [6, 6.07) is 11.6. The molecule has 1 aromatic carbocycles. The van der Waals surface area contributed by atoms with Crippen molar-refractivity contribution in [2.45, 2.75) is 51.3 Å². The predicted octanol–water partition coefficient (Wildman–Crippen LogP) is 2.93. The highest BCUT2D eigenvalue weighted by atomic mass is 19.3. The standard InChI is InChI=1S/C16H25N3.C10H16F2N2O2.CH2O/c1-17-7-8-18-15-9-16(10-15)12-19(13-16)11-14-5-3-2-4-6-14;1-3-4-14-6-8(5-13-2)16-7-9(15)10(11)12;1-2/h2-6,15,17-18H,7-13H2,1H3;5-6,9-10,15H,2-4,7H2,1H3;1H2/b;8-5+,14-6?;. The van der Waals surface area contributed by atoms with Crippen LogP contribution in [0.3, 0.4) is 0 Å². The smallest absolute Gasteiger partial charge is 0.267 e. The highest BCUT2D eigenvalue weighted by molar-refractivity contribution is 5.75. The van der Waals surface area contributed by atoms with E-state index in [4.69, 9.17) is 14.6 Å². The number of allylic oxidation sites excluding steroid dienone is 1. The monoisotopic (exact) mass is 523 g/mol. The molecule has 1 unspecified atom stereocenters. The molecule has 1 spiro atoms. The van der Waals surface area contributed by atoms with Crippen LogP contribution in [0.15, 0.2) is 52.3 Å². The third-order valence-corrected chi connectivity index (χ3v) is 6.04. The van der Waals surface area contributed by atoms with Gasteiger partial charge in [0.1, 0.15) is 19.5 Å². The zero-order chi connectivity index (χ0) is 27.5. The number of carbonyl (C=O) groups is 1. The fraction of sp³-hybridized carbons (Fsp3) is 0.593. The van der Waals surface area contributed by atoms with Crippen LogP contribution in [0.25, 0.3) is 0 Å². The van der Waals surface area contributed by atoms with E-state index in [1.807, 2.05) is 20.8 Å². The SMILES string of the molecule is C=N/C=C(\C=NCCC)OCC(O)C(F)F.C=O.CNCCNC1CC2(C1)CN(Cc1ccccc1)C2. The van der Waals surface area contributed by atoms with Gasteiger partial charge in [-0.3, -0.25) is 14.9 Å². The van der Waals surface area contributed by atoms with Gasteiger partial charge >= 0.3 is 0 Å². The van der Waals surface area contributed by atoms with Gasteiger partial charge in [0.15, 0.2) is 5.76 Å². The summed E-state index contributed by atoms with van der Waals surface area (Å²) in [5.74, 6) is 0.197. The molecule has 0 aromatic heterocycles. The van der Waals surface area contributed by atoms with E-state index in [9.17, 15) is 8.78 Å². The van der Waals surface area contributed by atoms with E-state index in [0.717, 1.165) is 32.1 Å². The van der Waals surface area contributed by atoms with Crippen LogP contribution < -0.4 is 10.6 Å². The number of ether oxygens (including phenoxy) is 1. The van der Waals surface area contributed by atoms with Gasteiger partial charge in [0.2, 0.25) is 0 Å². The topological polar surface area (TPSA) is 98.5 Å². The molecule has 37 heavy (non-hydrogen) atoms. The molecular formula is C27H43F2N5O3. The summed E-state index contributed by atoms with van der Waals surface area (Å²) in [6.45, 7) is 13.2. The number of aliphatic imine (C=N–C) groups is 2. The third kappa shape index (κ3) is 12.5. The summed E-state index contributed by atoms with van der Waals surface area (Å²) in [7, 11) is 2.01. The van der Waals surface area contributed by atoms with E-state index in [0.29, 0.717) is 12.0 Å². The molecule has 2 fully saturated rings. The maximum atomic E-state index is 12.0. The average molecular weight is 524 g/mol. The van der Waals surface area contributed by atoms with Crippen LogP contribution in [0, 0.1) is 5.41 Å². The van der Waals surface area contributed by atoms with Gasteiger partial charge in [-0.05, 0) is 44.0 Å². The molecule has 8 nitrogen and oxygen atoms in total. The Labute approximate surface area is 219 Å². The number of nitrogens with one attached hydrogen (secondary N) is 2. The molecule has 3 N–H and O–H groups in total. The summed E-state index contributed by atoms with van der Waals surface area (Å²) >= 11 is 0. The molecule has 1 aliphatic carbocycles. The summed E-state index contributed by atoms with van der Waals surface area (Å²) in [6.07, 6.45) is 1.60. The lowest BCUT2D eigenvalue weighted by Gasteiger charge is -2.59. The van der Waals surface area contributed by atoms with Crippen molar-refractivity contribution in [3.63, 3.8) is 0 Å². The minimum atomic E-state index is -2.83. The minimum Gasteiger partial charge on any atom is -0.487 e. The lowest BCUT2D eigenvalue weighted by molar-refractivity contribution is -0.0980. The van der Waals surface area contributed by atoms with Crippen LogP contribution in [0.4, 0.5) is 8.78 Å². The molecule has 1 heterocycles. The van der Waals surface area contributed by atoms with Crippen molar-refractivity contribution < 1.29 is 23.4 Å². The molecule has 208 valence electrons. The second-order valence-corrected chi connectivity index (χ2v) is 9.26. The Morgan fingerprint density at radius 2 is 1.95 bits per heavy atom. The maximum Gasteiger partial charge on any atom is 0.267 e. The Balaban J connectivity index is 0.000000353. The lowest BCUT2D eigenvalue weighted by Crippen LogP contribution is -2.65. The first-order valence-electron chi connectivity index (χ1n) is 12.6. The van der Waals surface area contributed by atoms with Crippen molar-refractivity contribution in [1.82, 2.24) is 15.5 Å². The highest BCUT2D eigenvalue weighted by Crippen LogP contribution is 2.48. The number of hydrogen-bond donors (Lipinski definition) is 3. The molecule has 2 aliphatic rings. The molecule has 0 amide bonds. The van der Waals surface area contributed by atoms with Crippen LogP contribution >= 0.6 is 0 Å². The summed E-state index contributed by atoms with van der Waals surface area (Å²) < 4.78 is 28.8. The minimum absolute atomic E-state index is 0.197. The number of aliphatic hydroxyl groups excluding tert-OH is 1. The molecule has 1 saturated carbocycles. The Hall–Kier alpha value is -2.53. The van der Waals surface area contributed by atoms with E-state index in [1.165, 1.54) is 43.9 Å². The van der Waals surface area contributed by atoms with Crippen LogP contribution in [0.1, 0.15) is 31.7 Å². The first kappa shape index (κ1) is 32.5. The Morgan fingerprint density at radius 1 is 1.27 bits per heavy atom. The first-order chi connectivity index (χ1) is 17.9. The van der Waals surface area contributed by atoms with Crippen molar-refractivity contribution in [3.8, 4) is 0 Å². The normalized spacial score (nSPS) is 17.7. The van der Waals surface area contributed by atoms with E-state index in [-0.39, 0.29) is 5.76 Å². The fourth-order valence-electron chi connectivity index (χ4n) is 4.38. The van der Waals surface area contributed by atoms with Gasteiger partial charge in [0.25, 0.3) is 6.43 Å². The number of halogens is 2. The average Bonchev–Trinajstić information content (AvgIpc) is 2.86. The van der Waals surface area contributed by atoms with E-state index < -0.39 is 19.1 Å². The first-order valence-corrected chi connectivity index (χ1v) is 12.6. The fourth-order valence-corrected chi connectivity index (χ4v) is 4.38. The van der Waals surface area contributed by atoms with Crippen LogP contribution in [0.2, 0.25) is 0 Å².